The molecular weight excluding hydrogens is 731 g/mol. The molecule has 9 rings (SSSR count). The quantitative estimate of drug-likeness (QED) is 0.192. The van der Waals surface area contributed by atoms with E-state index in [9.17, 15) is 14.4 Å². The molecule has 5 heterocycles. The standard InChI is InChI=1S/C42H47N7O8/c1-53-30-10-9-25(19-33(30)54-2)36-27-5-3-4-6-28(27)42(52)49(47-36)26-14-17-48(18-15-26)34(50)13-16-43-41(51)29-20-44-39-37(29)45-22-46-38(39)35-31(55-21-24-7-8-24)11-12-32-40(35)57-23-56-32/h9-12,19-20,22,24,26-28,44H,3-8,13-18,21,23H2,1-2H3,(H,43,51)/t27-,28+/m0/s1. The molecule has 2 aromatic carbocycles. The zero-order chi connectivity index (χ0) is 39.0. The van der Waals surface area contributed by atoms with Crippen molar-refractivity contribution in [1.29, 1.82) is 0 Å². The maximum Gasteiger partial charge on any atom is 0.255 e. The Morgan fingerprint density at radius 2 is 1.72 bits per heavy atom. The van der Waals surface area contributed by atoms with Crippen LogP contribution >= 0.6 is 0 Å². The van der Waals surface area contributed by atoms with Gasteiger partial charge >= 0.3 is 0 Å². The fourth-order valence-corrected chi connectivity index (χ4v) is 8.68. The molecule has 0 unspecified atom stereocenters. The van der Waals surface area contributed by atoms with Crippen molar-refractivity contribution in [2.75, 3.05) is 47.3 Å². The SMILES string of the molecule is COc1ccc(C2=NN(C3CCN(C(=O)CCNC(=O)c4c[nH]c5c(-c6c(OCC7CC7)ccc7c6OCO7)ncnc45)CC3)C(=O)[C@@H]3CCCC[C@H]23)cc1OC. The zero-order valence-electron chi connectivity index (χ0n) is 32.3. The molecule has 0 bridgehead atoms. The summed E-state index contributed by atoms with van der Waals surface area (Å²) in [6.45, 7) is 1.86. The van der Waals surface area contributed by atoms with Crippen LogP contribution in [-0.4, -0.2) is 102 Å². The lowest BCUT2D eigenvalue weighted by atomic mass is 9.73. The molecule has 15 heteroatoms. The number of hydrazone groups is 1. The number of ether oxygens (including phenoxy) is 5. The molecule has 3 aliphatic heterocycles. The third-order valence-electron chi connectivity index (χ3n) is 12.0. The second-order valence-corrected chi connectivity index (χ2v) is 15.4. The maximum absolute atomic E-state index is 13.9. The lowest BCUT2D eigenvalue weighted by molar-refractivity contribution is -0.143. The average Bonchev–Trinajstić information content (AvgIpc) is 3.77. The molecule has 5 aliphatic rings. The molecule has 4 aromatic rings. The van der Waals surface area contributed by atoms with Crippen molar-refractivity contribution < 1.29 is 38.1 Å². The van der Waals surface area contributed by atoms with Crippen molar-refractivity contribution in [3.8, 4) is 40.0 Å². The number of H-pyrrole nitrogens is 1. The highest BCUT2D eigenvalue weighted by atomic mass is 16.7. The number of carbonyl (C=O) groups is 3. The molecule has 2 saturated carbocycles. The Hall–Kier alpha value is -5.86. The molecule has 0 spiro atoms. The van der Waals surface area contributed by atoms with Gasteiger partial charge in [-0.05, 0) is 74.8 Å². The number of rotatable bonds is 12. The Morgan fingerprint density at radius 1 is 0.930 bits per heavy atom. The average molecular weight is 778 g/mol. The number of nitrogens with zero attached hydrogens (tertiary/aromatic N) is 5. The van der Waals surface area contributed by atoms with E-state index in [-0.39, 0.29) is 55.4 Å². The Bertz CT molecular complexity index is 2230. The smallest absolute Gasteiger partial charge is 0.255 e. The number of benzene rings is 2. The van der Waals surface area contributed by atoms with Crippen LogP contribution in [0.3, 0.4) is 0 Å². The summed E-state index contributed by atoms with van der Waals surface area (Å²) in [4.78, 5) is 54.8. The first-order valence-electron chi connectivity index (χ1n) is 20.0. The normalized spacial score (nSPS) is 20.6. The van der Waals surface area contributed by atoms with Crippen molar-refractivity contribution in [2.45, 2.75) is 63.8 Å². The van der Waals surface area contributed by atoms with Crippen molar-refractivity contribution in [2.24, 2.45) is 22.9 Å². The Morgan fingerprint density at radius 3 is 2.51 bits per heavy atom. The minimum absolute atomic E-state index is 0.0528. The number of fused-ring (bicyclic) bond motifs is 3. The summed E-state index contributed by atoms with van der Waals surface area (Å²) in [7, 11) is 3.23. The van der Waals surface area contributed by atoms with Crippen LogP contribution in [0, 0.1) is 17.8 Å². The lowest BCUT2D eigenvalue weighted by Crippen LogP contribution is -2.53. The highest BCUT2D eigenvalue weighted by Gasteiger charge is 2.44. The first-order chi connectivity index (χ1) is 27.9. The molecule has 2 atom stereocenters. The largest absolute Gasteiger partial charge is 0.493 e. The van der Waals surface area contributed by atoms with Crippen LogP contribution in [-0.2, 0) is 9.59 Å². The number of piperidine rings is 1. The molecule has 15 nitrogen and oxygen atoms in total. The minimum atomic E-state index is -0.353. The van der Waals surface area contributed by atoms with E-state index in [0.29, 0.717) is 95.1 Å². The summed E-state index contributed by atoms with van der Waals surface area (Å²) < 4.78 is 28.8. The third kappa shape index (κ3) is 7.08. The summed E-state index contributed by atoms with van der Waals surface area (Å²) in [5, 5.41) is 9.66. The Balaban J connectivity index is 0.836. The predicted octanol–water partition coefficient (Wildman–Crippen LogP) is 5.32. The van der Waals surface area contributed by atoms with E-state index in [0.717, 1.165) is 49.8 Å². The second kappa shape index (κ2) is 15.6. The maximum atomic E-state index is 13.9. The zero-order valence-corrected chi connectivity index (χ0v) is 32.3. The summed E-state index contributed by atoms with van der Waals surface area (Å²) in [5.74, 6) is 3.22. The van der Waals surface area contributed by atoms with E-state index in [2.05, 4.69) is 20.3 Å². The number of methoxy groups -OCH3 is 2. The predicted molar refractivity (Wildman–Crippen MR) is 209 cm³/mol. The topological polar surface area (TPSA) is 170 Å². The molecule has 2 aliphatic carbocycles. The van der Waals surface area contributed by atoms with E-state index in [1.807, 2.05) is 35.2 Å². The molecule has 3 fully saturated rings. The summed E-state index contributed by atoms with van der Waals surface area (Å²) in [6.07, 6.45) is 10.6. The van der Waals surface area contributed by atoms with Crippen LogP contribution in [0.15, 0.2) is 48.0 Å². The van der Waals surface area contributed by atoms with Gasteiger partial charge in [0, 0.05) is 49.7 Å². The molecule has 298 valence electrons. The van der Waals surface area contributed by atoms with Crippen LogP contribution in [0.5, 0.6) is 28.7 Å². The number of likely N-dealkylation sites (tertiary alicyclic amines) is 1. The van der Waals surface area contributed by atoms with Gasteiger partial charge in [-0.3, -0.25) is 14.4 Å². The molecule has 2 aromatic heterocycles. The fraction of sp³-hybridized carbons (Fsp3) is 0.476. The highest BCUT2D eigenvalue weighted by Crippen LogP contribution is 2.48. The number of carbonyl (C=O) groups excluding carboxylic acids is 3. The fourth-order valence-electron chi connectivity index (χ4n) is 8.68. The molecule has 0 radical (unpaired) electrons. The first kappa shape index (κ1) is 36.8. The number of hydrogen-bond donors (Lipinski definition) is 2. The number of aromatic nitrogens is 3. The van der Waals surface area contributed by atoms with Gasteiger partial charge in [-0.2, -0.15) is 5.10 Å². The number of aromatic amines is 1. The van der Waals surface area contributed by atoms with Gasteiger partial charge in [0.15, 0.2) is 23.0 Å². The molecule has 57 heavy (non-hydrogen) atoms. The van der Waals surface area contributed by atoms with Crippen molar-refractivity contribution in [1.82, 2.24) is 30.2 Å². The van der Waals surface area contributed by atoms with E-state index >= 15 is 0 Å². The number of hydrogen-bond acceptors (Lipinski definition) is 11. The minimum Gasteiger partial charge on any atom is -0.493 e. The molecular formula is C42H47N7O8. The van der Waals surface area contributed by atoms with E-state index in [4.69, 9.17) is 28.8 Å². The third-order valence-corrected chi connectivity index (χ3v) is 12.0. The van der Waals surface area contributed by atoms with Gasteiger partial charge in [-0.15, -0.1) is 0 Å². The Kier molecular flexibility index (Phi) is 10.1. The van der Waals surface area contributed by atoms with Crippen LogP contribution < -0.4 is 29.0 Å². The summed E-state index contributed by atoms with van der Waals surface area (Å²) >= 11 is 0. The van der Waals surface area contributed by atoms with Crippen molar-refractivity contribution in [3.63, 3.8) is 0 Å². The van der Waals surface area contributed by atoms with Crippen molar-refractivity contribution in [3.05, 3.63) is 54.0 Å². The molecule has 1 saturated heterocycles. The number of amides is 3. The summed E-state index contributed by atoms with van der Waals surface area (Å²) in [6, 6.07) is 9.41. The van der Waals surface area contributed by atoms with Gasteiger partial charge in [0.2, 0.25) is 18.6 Å². The van der Waals surface area contributed by atoms with Gasteiger partial charge in [-0.1, -0.05) is 12.8 Å². The van der Waals surface area contributed by atoms with Gasteiger partial charge in [0.1, 0.15) is 23.3 Å². The number of nitrogens with one attached hydrogen (secondary N) is 2. The van der Waals surface area contributed by atoms with Gasteiger partial charge < -0.3 is 38.9 Å². The van der Waals surface area contributed by atoms with Gasteiger partial charge in [0.25, 0.3) is 5.91 Å². The van der Waals surface area contributed by atoms with Crippen LogP contribution in [0.2, 0.25) is 0 Å². The summed E-state index contributed by atoms with van der Waals surface area (Å²) in [5.41, 5.74) is 4.39. The van der Waals surface area contributed by atoms with E-state index in [1.165, 1.54) is 6.33 Å². The van der Waals surface area contributed by atoms with Crippen LogP contribution in [0.4, 0.5) is 0 Å². The molecule has 3 amide bonds. The first-order valence-corrected chi connectivity index (χ1v) is 20.0. The highest BCUT2D eigenvalue weighted by molar-refractivity contribution is 6.09. The van der Waals surface area contributed by atoms with Crippen molar-refractivity contribution >= 4 is 34.5 Å². The Labute approximate surface area is 330 Å². The van der Waals surface area contributed by atoms with E-state index in [1.54, 1.807) is 25.4 Å². The monoisotopic (exact) mass is 777 g/mol. The van der Waals surface area contributed by atoms with Crippen LogP contribution in [0.1, 0.15) is 73.7 Å². The molecule has 2 N–H and O–H groups in total. The van der Waals surface area contributed by atoms with Gasteiger partial charge in [0.05, 0.1) is 49.2 Å². The van der Waals surface area contributed by atoms with Crippen LogP contribution in [0.25, 0.3) is 22.3 Å². The van der Waals surface area contributed by atoms with Gasteiger partial charge in [-0.25, -0.2) is 15.0 Å². The second-order valence-electron chi connectivity index (χ2n) is 15.4. The lowest BCUT2D eigenvalue weighted by Gasteiger charge is -2.43. The van der Waals surface area contributed by atoms with E-state index < -0.39 is 0 Å².